The molecule has 4 heteroatoms. The summed E-state index contributed by atoms with van der Waals surface area (Å²) in [5.41, 5.74) is 2.05. The first-order valence-corrected chi connectivity index (χ1v) is 6.27. The molecule has 1 aromatic rings. The lowest BCUT2D eigenvalue weighted by atomic mass is 9.90. The summed E-state index contributed by atoms with van der Waals surface area (Å²) in [7, 11) is 0. The molecule has 0 aromatic heterocycles. The molecular weight excluding hydrogens is 226 g/mol. The lowest BCUT2D eigenvalue weighted by Gasteiger charge is -2.23. The molecule has 1 aromatic carbocycles. The van der Waals surface area contributed by atoms with Gasteiger partial charge >= 0.3 is 0 Å². The zero-order valence-electron chi connectivity index (χ0n) is 10.3. The second-order valence-corrected chi connectivity index (χ2v) is 4.53. The molecule has 0 bridgehead atoms. The first-order valence-electron chi connectivity index (χ1n) is 6.27. The van der Waals surface area contributed by atoms with Gasteiger partial charge in [0.1, 0.15) is 6.42 Å². The Hall–Kier alpha value is -1.86. The van der Waals surface area contributed by atoms with E-state index in [4.69, 9.17) is 5.26 Å². The second kappa shape index (κ2) is 6.18. The summed E-state index contributed by atoms with van der Waals surface area (Å²) in [5, 5.41) is 14.5. The Labute approximate surface area is 107 Å². The molecule has 1 saturated heterocycles. The largest absolute Gasteiger partial charge is 0.325 e. The number of hydrogen-bond acceptors (Lipinski definition) is 3. The third-order valence-electron chi connectivity index (χ3n) is 3.22. The molecule has 1 fully saturated rings. The van der Waals surface area contributed by atoms with E-state index >= 15 is 0 Å². The fourth-order valence-electron chi connectivity index (χ4n) is 2.30. The van der Waals surface area contributed by atoms with Crippen molar-refractivity contribution in [2.45, 2.75) is 25.2 Å². The molecule has 0 unspecified atom stereocenters. The van der Waals surface area contributed by atoms with Gasteiger partial charge < -0.3 is 10.6 Å². The molecule has 2 N–H and O–H groups in total. The van der Waals surface area contributed by atoms with Crippen LogP contribution in [0.5, 0.6) is 0 Å². The van der Waals surface area contributed by atoms with Crippen LogP contribution in [0.15, 0.2) is 24.3 Å². The second-order valence-electron chi connectivity index (χ2n) is 4.53. The van der Waals surface area contributed by atoms with Crippen LogP contribution >= 0.6 is 0 Å². The van der Waals surface area contributed by atoms with Crippen LogP contribution in [0.4, 0.5) is 5.69 Å². The maximum Gasteiger partial charge on any atom is 0.238 e. The van der Waals surface area contributed by atoms with E-state index in [0.717, 1.165) is 31.6 Å². The summed E-state index contributed by atoms with van der Waals surface area (Å²) in [6, 6.07) is 9.79. The number of rotatable bonds is 3. The third-order valence-corrected chi connectivity index (χ3v) is 3.22. The minimum atomic E-state index is -0.250. The number of carbonyl (C=O) groups is 1. The lowest BCUT2D eigenvalue weighted by molar-refractivity contribution is -0.115. The molecule has 4 nitrogen and oxygen atoms in total. The number of nitrogens with zero attached hydrogens (tertiary/aromatic N) is 1. The van der Waals surface area contributed by atoms with Gasteiger partial charge in [0.15, 0.2) is 0 Å². The summed E-state index contributed by atoms with van der Waals surface area (Å²) in [4.78, 5) is 11.4. The number of nitrogens with one attached hydrogen (secondary N) is 2. The molecule has 18 heavy (non-hydrogen) atoms. The van der Waals surface area contributed by atoms with E-state index in [0.29, 0.717) is 5.92 Å². The molecule has 1 heterocycles. The standard InChI is InChI=1S/C14H17N3O/c15-7-4-14(18)17-13-3-1-2-12(10-13)11-5-8-16-9-6-11/h1-3,10-11,16H,4-6,8-9H2,(H,17,18). The average Bonchev–Trinajstić information content (AvgIpc) is 2.40. The summed E-state index contributed by atoms with van der Waals surface area (Å²) in [5.74, 6) is 0.319. The molecule has 0 spiro atoms. The van der Waals surface area contributed by atoms with Crippen LogP contribution in [-0.2, 0) is 4.79 Å². The molecule has 2 rings (SSSR count). The van der Waals surface area contributed by atoms with Gasteiger partial charge in [0.05, 0.1) is 6.07 Å². The van der Waals surface area contributed by atoms with E-state index < -0.39 is 0 Å². The Bertz CT molecular complexity index is 458. The van der Waals surface area contributed by atoms with Gasteiger partial charge in [-0.25, -0.2) is 0 Å². The van der Waals surface area contributed by atoms with E-state index in [9.17, 15) is 4.79 Å². The van der Waals surface area contributed by atoms with Crippen molar-refractivity contribution in [3.63, 3.8) is 0 Å². The van der Waals surface area contributed by atoms with Crippen molar-refractivity contribution in [2.24, 2.45) is 0 Å². The van der Waals surface area contributed by atoms with Crippen LogP contribution in [0.2, 0.25) is 0 Å². The molecule has 0 atom stereocenters. The van der Waals surface area contributed by atoms with Crippen LogP contribution in [-0.4, -0.2) is 19.0 Å². The molecule has 0 radical (unpaired) electrons. The molecule has 0 aliphatic carbocycles. The maximum absolute atomic E-state index is 11.4. The minimum Gasteiger partial charge on any atom is -0.325 e. The third kappa shape index (κ3) is 3.31. The predicted molar refractivity (Wildman–Crippen MR) is 70.1 cm³/mol. The molecule has 1 aliphatic heterocycles. The Morgan fingerprint density at radius 1 is 1.44 bits per heavy atom. The maximum atomic E-state index is 11.4. The van der Waals surface area contributed by atoms with Gasteiger partial charge in [0.2, 0.25) is 5.91 Å². The Morgan fingerprint density at radius 3 is 2.94 bits per heavy atom. The normalized spacial score (nSPS) is 15.9. The highest BCUT2D eigenvalue weighted by atomic mass is 16.1. The van der Waals surface area contributed by atoms with E-state index in [1.807, 2.05) is 24.3 Å². The summed E-state index contributed by atoms with van der Waals surface area (Å²) >= 11 is 0. The van der Waals surface area contributed by atoms with Crippen molar-refractivity contribution in [2.75, 3.05) is 18.4 Å². The van der Waals surface area contributed by atoms with Crippen LogP contribution in [0.25, 0.3) is 0 Å². The predicted octanol–water partition coefficient (Wildman–Crippen LogP) is 2.01. The number of nitriles is 1. The number of benzene rings is 1. The highest BCUT2D eigenvalue weighted by Crippen LogP contribution is 2.26. The quantitative estimate of drug-likeness (QED) is 0.853. The SMILES string of the molecule is N#CCC(=O)Nc1cccc(C2CCNCC2)c1. The zero-order valence-corrected chi connectivity index (χ0v) is 10.3. The molecule has 1 aliphatic rings. The molecular formula is C14H17N3O. The lowest BCUT2D eigenvalue weighted by Crippen LogP contribution is -2.26. The highest BCUT2D eigenvalue weighted by Gasteiger charge is 2.15. The van der Waals surface area contributed by atoms with Crippen LogP contribution in [0.1, 0.15) is 30.7 Å². The first-order chi connectivity index (χ1) is 8.79. The van der Waals surface area contributed by atoms with Gasteiger partial charge in [0.25, 0.3) is 0 Å². The first kappa shape index (κ1) is 12.6. The van der Waals surface area contributed by atoms with Crippen LogP contribution in [0.3, 0.4) is 0 Å². The molecule has 1 amide bonds. The minimum absolute atomic E-state index is 0.0996. The number of carbonyl (C=O) groups excluding carboxylic acids is 1. The number of amides is 1. The van der Waals surface area contributed by atoms with Crippen molar-refractivity contribution >= 4 is 11.6 Å². The Balaban J connectivity index is 2.05. The topological polar surface area (TPSA) is 64.9 Å². The number of piperidine rings is 1. The van der Waals surface area contributed by atoms with Crippen molar-refractivity contribution in [1.29, 1.82) is 5.26 Å². The van der Waals surface area contributed by atoms with Crippen molar-refractivity contribution in [3.05, 3.63) is 29.8 Å². The zero-order chi connectivity index (χ0) is 12.8. The highest BCUT2D eigenvalue weighted by molar-refractivity contribution is 5.92. The van der Waals surface area contributed by atoms with Gasteiger partial charge in [-0.2, -0.15) is 5.26 Å². The number of hydrogen-bond donors (Lipinski definition) is 2. The van der Waals surface area contributed by atoms with Crippen LogP contribution in [0, 0.1) is 11.3 Å². The van der Waals surface area contributed by atoms with Crippen LogP contribution < -0.4 is 10.6 Å². The van der Waals surface area contributed by atoms with E-state index in [1.165, 1.54) is 5.56 Å². The Kier molecular flexibility index (Phi) is 4.32. The molecule has 94 valence electrons. The monoisotopic (exact) mass is 243 g/mol. The summed E-state index contributed by atoms with van der Waals surface area (Å²) in [6.07, 6.45) is 2.17. The smallest absolute Gasteiger partial charge is 0.238 e. The molecule has 0 saturated carbocycles. The van der Waals surface area contributed by atoms with Crippen molar-refractivity contribution < 1.29 is 4.79 Å². The van der Waals surface area contributed by atoms with Gasteiger partial charge in [0, 0.05) is 5.69 Å². The fraction of sp³-hybridized carbons (Fsp3) is 0.429. The van der Waals surface area contributed by atoms with E-state index in [1.54, 1.807) is 0 Å². The van der Waals surface area contributed by atoms with Gasteiger partial charge in [-0.05, 0) is 49.5 Å². The van der Waals surface area contributed by atoms with E-state index in [2.05, 4.69) is 16.7 Å². The fourth-order valence-corrected chi connectivity index (χ4v) is 2.30. The van der Waals surface area contributed by atoms with Crippen molar-refractivity contribution in [1.82, 2.24) is 5.32 Å². The average molecular weight is 243 g/mol. The number of anilines is 1. The van der Waals surface area contributed by atoms with Gasteiger partial charge in [-0.3, -0.25) is 4.79 Å². The summed E-state index contributed by atoms with van der Waals surface area (Å²) < 4.78 is 0. The van der Waals surface area contributed by atoms with Gasteiger partial charge in [-0.1, -0.05) is 12.1 Å². The van der Waals surface area contributed by atoms with Crippen molar-refractivity contribution in [3.8, 4) is 6.07 Å². The Morgan fingerprint density at radius 2 is 2.22 bits per heavy atom. The van der Waals surface area contributed by atoms with Gasteiger partial charge in [-0.15, -0.1) is 0 Å². The van der Waals surface area contributed by atoms with E-state index in [-0.39, 0.29) is 12.3 Å². The summed E-state index contributed by atoms with van der Waals surface area (Å²) in [6.45, 7) is 2.10.